The minimum Gasteiger partial charge on any atom is -0.448 e. The summed E-state index contributed by atoms with van der Waals surface area (Å²) in [4.78, 5) is 15.2. The third-order valence-electron chi connectivity index (χ3n) is 7.95. The predicted molar refractivity (Wildman–Crippen MR) is 146 cm³/mol. The summed E-state index contributed by atoms with van der Waals surface area (Å²) in [7, 11) is 0. The molecule has 2 aliphatic rings. The molecular weight excluding hydrogens is 529 g/mol. The summed E-state index contributed by atoms with van der Waals surface area (Å²) in [5, 5.41) is 5.96. The Morgan fingerprint density at radius 2 is 1.51 bits per heavy atom. The number of hydrogen-bond donors (Lipinski definition) is 2. The summed E-state index contributed by atoms with van der Waals surface area (Å²) < 4.78 is 48.4. The van der Waals surface area contributed by atoms with Gasteiger partial charge in [0, 0.05) is 44.3 Å². The van der Waals surface area contributed by atoms with Crippen LogP contribution in [0, 0.1) is 20.8 Å². The number of ether oxygens (including phenoxy) is 1. The van der Waals surface area contributed by atoms with E-state index in [0.29, 0.717) is 17.7 Å². The quantitative estimate of drug-likeness (QED) is 0.455. The molecule has 1 amide bonds. The molecule has 10 heteroatoms. The molecule has 5 nitrogen and oxygen atoms in total. The number of hydrogen-bond acceptors (Lipinski definition) is 4. The Kier molecular flexibility index (Phi) is 9.69. The second-order valence-corrected chi connectivity index (χ2v) is 10.2. The minimum atomic E-state index is -5.27. The second kappa shape index (κ2) is 12.5. The van der Waals surface area contributed by atoms with Gasteiger partial charge < -0.3 is 23.0 Å². The van der Waals surface area contributed by atoms with Crippen molar-refractivity contribution in [3.63, 3.8) is 0 Å². The SMILES string of the molecule is Cc1c(CN2CCNCC2)c(C)c([B-](F)(F)F)c(C)c1NC(=O)OCC1c2ccccc2-c2ccccc21.[K+]. The van der Waals surface area contributed by atoms with Crippen LogP contribution in [0.4, 0.5) is 23.4 Å². The molecule has 0 unspecified atom stereocenters. The first-order valence-electron chi connectivity index (χ1n) is 13.0. The van der Waals surface area contributed by atoms with E-state index in [9.17, 15) is 17.7 Å². The maximum absolute atomic E-state index is 14.2. The number of amides is 1. The van der Waals surface area contributed by atoms with Crippen LogP contribution in [0.3, 0.4) is 0 Å². The molecule has 1 aliphatic heterocycles. The van der Waals surface area contributed by atoms with Crippen LogP contribution in [0.5, 0.6) is 0 Å². The van der Waals surface area contributed by atoms with E-state index in [1.165, 1.54) is 6.92 Å². The molecule has 1 heterocycles. The fourth-order valence-electron chi connectivity index (χ4n) is 6.04. The van der Waals surface area contributed by atoms with Crippen molar-refractivity contribution in [2.45, 2.75) is 33.2 Å². The van der Waals surface area contributed by atoms with E-state index in [4.69, 9.17) is 4.74 Å². The third-order valence-corrected chi connectivity index (χ3v) is 7.95. The summed E-state index contributed by atoms with van der Waals surface area (Å²) in [6.45, 7) is 3.08. The summed E-state index contributed by atoms with van der Waals surface area (Å²) in [6, 6.07) is 16.0. The van der Waals surface area contributed by atoms with E-state index in [1.54, 1.807) is 13.8 Å². The predicted octanol–water partition coefficient (Wildman–Crippen LogP) is 2.44. The van der Waals surface area contributed by atoms with Gasteiger partial charge in [-0.15, -0.1) is 5.46 Å². The standard InChI is InChI=1S/C29H32BF3N3O2.K/c1-18-25(16-36-14-12-34-13-15-36)19(2)28(20(3)27(18)30(31,32)33)35-29(37)38-17-26-23-10-6-4-8-21(23)22-9-5-7-11-24(22)26;/h4-11,26,34H,12-17H2,1-3H3,(H,35,37);/q-1;+1. The molecule has 3 aromatic rings. The van der Waals surface area contributed by atoms with Gasteiger partial charge in [-0.3, -0.25) is 10.2 Å². The minimum absolute atomic E-state index is 0. The fraction of sp³-hybridized carbons (Fsp3) is 0.345. The van der Waals surface area contributed by atoms with Gasteiger partial charge in [0.1, 0.15) is 6.61 Å². The zero-order valence-corrected chi connectivity index (χ0v) is 26.0. The molecule has 0 saturated carbocycles. The molecule has 1 aliphatic carbocycles. The first kappa shape index (κ1) is 30.3. The van der Waals surface area contributed by atoms with Crippen LogP contribution in [0.1, 0.15) is 39.3 Å². The van der Waals surface area contributed by atoms with Gasteiger partial charge in [-0.05, 0) is 54.2 Å². The third kappa shape index (κ3) is 6.17. The van der Waals surface area contributed by atoms with Crippen LogP contribution in [0.2, 0.25) is 0 Å². The molecule has 1 fully saturated rings. The smallest absolute Gasteiger partial charge is 0.448 e. The van der Waals surface area contributed by atoms with Crippen LogP contribution in [-0.2, 0) is 11.3 Å². The molecule has 0 bridgehead atoms. The fourth-order valence-corrected chi connectivity index (χ4v) is 6.04. The maximum Gasteiger partial charge on any atom is 1.00 e. The summed E-state index contributed by atoms with van der Waals surface area (Å²) >= 11 is 0. The molecule has 2 N–H and O–H groups in total. The normalized spacial score (nSPS) is 15.3. The van der Waals surface area contributed by atoms with Gasteiger partial charge in [-0.1, -0.05) is 59.7 Å². The number of piperazine rings is 1. The van der Waals surface area contributed by atoms with E-state index in [2.05, 4.69) is 15.5 Å². The number of benzene rings is 3. The maximum atomic E-state index is 14.2. The summed E-state index contributed by atoms with van der Waals surface area (Å²) in [5.41, 5.74) is 5.45. The molecule has 0 atom stereocenters. The van der Waals surface area contributed by atoms with Crippen molar-refractivity contribution < 1.29 is 73.9 Å². The molecule has 1 saturated heterocycles. The van der Waals surface area contributed by atoms with Crippen molar-refractivity contribution in [3.8, 4) is 11.1 Å². The van der Waals surface area contributed by atoms with Gasteiger partial charge in [0.05, 0.1) is 0 Å². The first-order chi connectivity index (χ1) is 18.2. The average Bonchev–Trinajstić information content (AvgIpc) is 3.21. The van der Waals surface area contributed by atoms with Gasteiger partial charge in [0.25, 0.3) is 0 Å². The number of halogens is 3. The van der Waals surface area contributed by atoms with Crippen molar-refractivity contribution in [1.29, 1.82) is 0 Å². The van der Waals surface area contributed by atoms with Gasteiger partial charge in [-0.25, -0.2) is 4.79 Å². The second-order valence-electron chi connectivity index (χ2n) is 10.2. The number of fused-ring (bicyclic) bond motifs is 3. The Bertz CT molecular complexity index is 1330. The van der Waals surface area contributed by atoms with E-state index in [0.717, 1.165) is 48.4 Å². The first-order valence-corrected chi connectivity index (χ1v) is 13.0. The summed E-state index contributed by atoms with van der Waals surface area (Å²) in [5.74, 6) is -0.134. The van der Waals surface area contributed by atoms with Crippen LogP contribution >= 0.6 is 0 Å². The number of nitrogens with one attached hydrogen (secondary N) is 2. The Morgan fingerprint density at radius 1 is 0.949 bits per heavy atom. The van der Waals surface area contributed by atoms with Crippen molar-refractivity contribution in [3.05, 3.63) is 81.9 Å². The molecular formula is C29H32BF3KN3O2. The zero-order chi connectivity index (χ0) is 27.0. The summed E-state index contributed by atoms with van der Waals surface area (Å²) in [6.07, 6.45) is -0.754. The molecule has 39 heavy (non-hydrogen) atoms. The van der Waals surface area contributed by atoms with Crippen molar-refractivity contribution >= 4 is 24.2 Å². The van der Waals surface area contributed by atoms with Crippen LogP contribution in [0.15, 0.2) is 48.5 Å². The van der Waals surface area contributed by atoms with Crippen molar-refractivity contribution in [2.75, 3.05) is 38.1 Å². The van der Waals surface area contributed by atoms with E-state index in [-0.39, 0.29) is 80.7 Å². The Morgan fingerprint density at radius 3 is 2.08 bits per heavy atom. The molecule has 5 rings (SSSR count). The topological polar surface area (TPSA) is 53.6 Å². The number of nitrogens with zero attached hydrogens (tertiary/aromatic N) is 1. The van der Waals surface area contributed by atoms with E-state index in [1.807, 2.05) is 48.5 Å². The monoisotopic (exact) mass is 561 g/mol. The van der Waals surface area contributed by atoms with Crippen LogP contribution < -0.4 is 67.5 Å². The van der Waals surface area contributed by atoms with Crippen LogP contribution in [-0.4, -0.2) is 50.8 Å². The Hall–Kier alpha value is -1.66. The molecule has 200 valence electrons. The van der Waals surface area contributed by atoms with Gasteiger partial charge in [0.15, 0.2) is 0 Å². The van der Waals surface area contributed by atoms with E-state index >= 15 is 0 Å². The zero-order valence-electron chi connectivity index (χ0n) is 22.9. The number of carbonyl (C=O) groups excluding carboxylic acids is 1. The Labute approximate surface area is 270 Å². The largest absolute Gasteiger partial charge is 1.00 e. The molecule has 3 aromatic carbocycles. The number of carbonyl (C=O) groups is 1. The average molecular weight is 561 g/mol. The van der Waals surface area contributed by atoms with Gasteiger partial charge in [0.2, 0.25) is 0 Å². The van der Waals surface area contributed by atoms with Crippen LogP contribution in [0.25, 0.3) is 11.1 Å². The van der Waals surface area contributed by atoms with Gasteiger partial charge >= 0.3 is 64.5 Å². The van der Waals surface area contributed by atoms with Crippen molar-refractivity contribution in [2.24, 2.45) is 0 Å². The number of rotatable bonds is 6. The van der Waals surface area contributed by atoms with Crippen molar-refractivity contribution in [1.82, 2.24) is 10.2 Å². The van der Waals surface area contributed by atoms with Gasteiger partial charge in [-0.2, -0.15) is 0 Å². The molecule has 0 radical (unpaired) electrons. The van der Waals surface area contributed by atoms with E-state index < -0.39 is 18.5 Å². The molecule has 0 spiro atoms. The number of anilines is 1. The molecule has 0 aromatic heterocycles. The Balaban J connectivity index is 0.00000353.